The molecule has 0 bridgehead atoms. The first-order valence-corrected chi connectivity index (χ1v) is 7.13. The summed E-state index contributed by atoms with van der Waals surface area (Å²) < 4.78 is 0. The first-order chi connectivity index (χ1) is 7.69. The van der Waals surface area contributed by atoms with E-state index in [1.165, 1.54) is 32.4 Å². The van der Waals surface area contributed by atoms with E-state index in [9.17, 15) is 0 Å². The quantitative estimate of drug-likeness (QED) is 0.749. The lowest BCUT2D eigenvalue weighted by atomic mass is 9.92. The molecule has 0 aromatic heterocycles. The molecule has 0 aromatic rings. The van der Waals surface area contributed by atoms with Crippen molar-refractivity contribution >= 4 is 0 Å². The Kier molecular flexibility index (Phi) is 6.37. The number of likely N-dealkylation sites (tertiary alicyclic amines) is 1. The van der Waals surface area contributed by atoms with E-state index in [0.717, 1.165) is 31.0 Å². The third-order valence-corrected chi connectivity index (χ3v) is 3.97. The molecular weight excluding hydrogens is 196 g/mol. The molecule has 1 heterocycles. The molecule has 2 unspecified atom stereocenters. The van der Waals surface area contributed by atoms with Gasteiger partial charge < -0.3 is 5.32 Å². The van der Waals surface area contributed by atoms with Gasteiger partial charge in [-0.15, -0.1) is 0 Å². The molecule has 1 N–H and O–H groups in total. The Hall–Kier alpha value is -0.0800. The van der Waals surface area contributed by atoms with Crippen molar-refractivity contribution in [3.63, 3.8) is 0 Å². The molecular formula is C14H30N2. The van der Waals surface area contributed by atoms with Crippen LogP contribution in [0.15, 0.2) is 0 Å². The van der Waals surface area contributed by atoms with E-state index in [-0.39, 0.29) is 0 Å². The Morgan fingerprint density at radius 2 is 2.06 bits per heavy atom. The van der Waals surface area contributed by atoms with Gasteiger partial charge in [-0.05, 0) is 37.8 Å². The van der Waals surface area contributed by atoms with Crippen LogP contribution in [0.2, 0.25) is 0 Å². The van der Waals surface area contributed by atoms with Gasteiger partial charge in [0, 0.05) is 19.1 Å². The summed E-state index contributed by atoms with van der Waals surface area (Å²) in [5.41, 5.74) is 0. The van der Waals surface area contributed by atoms with E-state index >= 15 is 0 Å². The molecule has 0 radical (unpaired) electrons. The van der Waals surface area contributed by atoms with Gasteiger partial charge in [0.25, 0.3) is 0 Å². The van der Waals surface area contributed by atoms with Crippen LogP contribution in [0.1, 0.15) is 47.0 Å². The number of hydrogen-bond acceptors (Lipinski definition) is 2. The van der Waals surface area contributed by atoms with Gasteiger partial charge >= 0.3 is 0 Å². The van der Waals surface area contributed by atoms with Crippen LogP contribution in [0.5, 0.6) is 0 Å². The number of piperidine rings is 1. The predicted molar refractivity (Wildman–Crippen MR) is 71.8 cm³/mol. The normalized spacial score (nSPS) is 24.9. The SMILES string of the molecule is CCNCC(C(C)C)N1CCCC(CC)C1. The molecule has 96 valence electrons. The van der Waals surface area contributed by atoms with E-state index in [1.807, 2.05) is 0 Å². The number of nitrogens with zero attached hydrogens (tertiary/aromatic N) is 1. The van der Waals surface area contributed by atoms with Crippen molar-refractivity contribution in [3.05, 3.63) is 0 Å². The molecule has 0 aromatic carbocycles. The first kappa shape index (κ1) is 14.0. The Morgan fingerprint density at radius 1 is 1.31 bits per heavy atom. The molecule has 0 spiro atoms. The highest BCUT2D eigenvalue weighted by Gasteiger charge is 2.26. The largest absolute Gasteiger partial charge is 0.315 e. The molecule has 0 saturated carbocycles. The summed E-state index contributed by atoms with van der Waals surface area (Å²) in [6.45, 7) is 14.1. The first-order valence-electron chi connectivity index (χ1n) is 7.13. The van der Waals surface area contributed by atoms with Gasteiger partial charge in [-0.2, -0.15) is 0 Å². The van der Waals surface area contributed by atoms with Crippen molar-refractivity contribution < 1.29 is 0 Å². The molecule has 16 heavy (non-hydrogen) atoms. The maximum atomic E-state index is 3.52. The van der Waals surface area contributed by atoms with Crippen molar-refractivity contribution in [2.75, 3.05) is 26.2 Å². The van der Waals surface area contributed by atoms with Crippen LogP contribution in [0.25, 0.3) is 0 Å². The van der Waals surface area contributed by atoms with E-state index in [2.05, 4.69) is 37.9 Å². The third kappa shape index (κ3) is 4.06. The molecule has 0 aliphatic carbocycles. The van der Waals surface area contributed by atoms with Gasteiger partial charge in [0.1, 0.15) is 0 Å². The molecule has 1 rings (SSSR count). The summed E-state index contributed by atoms with van der Waals surface area (Å²) in [4.78, 5) is 2.73. The fraction of sp³-hybridized carbons (Fsp3) is 1.00. The fourth-order valence-corrected chi connectivity index (χ4v) is 2.81. The zero-order valence-corrected chi connectivity index (χ0v) is 11.6. The summed E-state index contributed by atoms with van der Waals surface area (Å²) in [6.07, 6.45) is 4.19. The number of likely N-dealkylation sites (N-methyl/N-ethyl adjacent to an activating group) is 1. The second-order valence-corrected chi connectivity index (χ2v) is 5.53. The molecule has 1 fully saturated rings. The van der Waals surface area contributed by atoms with Crippen LogP contribution in [-0.4, -0.2) is 37.1 Å². The summed E-state index contributed by atoms with van der Waals surface area (Å²) >= 11 is 0. The smallest absolute Gasteiger partial charge is 0.0243 e. The zero-order chi connectivity index (χ0) is 12.0. The summed E-state index contributed by atoms with van der Waals surface area (Å²) in [7, 11) is 0. The van der Waals surface area contributed by atoms with Crippen LogP contribution in [-0.2, 0) is 0 Å². The fourth-order valence-electron chi connectivity index (χ4n) is 2.81. The van der Waals surface area contributed by atoms with Gasteiger partial charge in [-0.25, -0.2) is 0 Å². The molecule has 0 amide bonds. The van der Waals surface area contributed by atoms with Crippen LogP contribution in [0, 0.1) is 11.8 Å². The molecule has 2 nitrogen and oxygen atoms in total. The Labute approximate surface area is 102 Å². The molecule has 2 heteroatoms. The molecule has 2 atom stereocenters. The highest BCUT2D eigenvalue weighted by Crippen LogP contribution is 2.23. The maximum Gasteiger partial charge on any atom is 0.0243 e. The monoisotopic (exact) mass is 226 g/mol. The van der Waals surface area contributed by atoms with Gasteiger partial charge in [0.2, 0.25) is 0 Å². The van der Waals surface area contributed by atoms with Gasteiger partial charge in [-0.3, -0.25) is 4.90 Å². The van der Waals surface area contributed by atoms with Crippen molar-refractivity contribution in [1.29, 1.82) is 0 Å². The molecule has 1 saturated heterocycles. The standard InChI is InChI=1S/C14H30N2/c1-5-13-8-7-9-16(11-13)14(12(3)4)10-15-6-2/h12-15H,5-11H2,1-4H3. The van der Waals surface area contributed by atoms with E-state index < -0.39 is 0 Å². The van der Waals surface area contributed by atoms with Gasteiger partial charge in [-0.1, -0.05) is 34.1 Å². The van der Waals surface area contributed by atoms with Gasteiger partial charge in [0.05, 0.1) is 0 Å². The highest BCUT2D eigenvalue weighted by atomic mass is 15.2. The summed E-state index contributed by atoms with van der Waals surface area (Å²) in [5.74, 6) is 1.70. The number of nitrogens with one attached hydrogen (secondary N) is 1. The number of hydrogen-bond donors (Lipinski definition) is 1. The van der Waals surface area contributed by atoms with Crippen LogP contribution in [0.4, 0.5) is 0 Å². The lowest BCUT2D eigenvalue weighted by Gasteiger charge is -2.40. The lowest BCUT2D eigenvalue weighted by molar-refractivity contribution is 0.0935. The van der Waals surface area contributed by atoms with E-state index in [0.29, 0.717) is 0 Å². The van der Waals surface area contributed by atoms with E-state index in [1.54, 1.807) is 0 Å². The predicted octanol–water partition coefficient (Wildman–Crippen LogP) is 2.74. The maximum absolute atomic E-state index is 3.52. The molecule has 1 aliphatic heterocycles. The summed E-state index contributed by atoms with van der Waals surface area (Å²) in [6, 6.07) is 0.731. The van der Waals surface area contributed by atoms with Crippen molar-refractivity contribution in [2.45, 2.75) is 53.0 Å². The van der Waals surface area contributed by atoms with E-state index in [4.69, 9.17) is 0 Å². The van der Waals surface area contributed by atoms with Crippen molar-refractivity contribution in [2.24, 2.45) is 11.8 Å². The average molecular weight is 226 g/mol. The minimum absolute atomic E-state index is 0.731. The van der Waals surface area contributed by atoms with Crippen LogP contribution >= 0.6 is 0 Å². The lowest BCUT2D eigenvalue weighted by Crippen LogP contribution is -2.49. The minimum atomic E-state index is 0.731. The second kappa shape index (κ2) is 7.29. The zero-order valence-electron chi connectivity index (χ0n) is 11.6. The topological polar surface area (TPSA) is 15.3 Å². The Balaban J connectivity index is 2.48. The number of rotatable bonds is 6. The van der Waals surface area contributed by atoms with Crippen molar-refractivity contribution in [3.8, 4) is 0 Å². The Bertz CT molecular complexity index is 180. The Morgan fingerprint density at radius 3 is 2.62 bits per heavy atom. The second-order valence-electron chi connectivity index (χ2n) is 5.53. The van der Waals surface area contributed by atoms with Gasteiger partial charge in [0.15, 0.2) is 0 Å². The average Bonchev–Trinajstić information content (AvgIpc) is 2.29. The summed E-state index contributed by atoms with van der Waals surface area (Å²) in [5, 5.41) is 3.52. The highest BCUT2D eigenvalue weighted by molar-refractivity contribution is 4.82. The van der Waals surface area contributed by atoms with Crippen LogP contribution in [0.3, 0.4) is 0 Å². The van der Waals surface area contributed by atoms with Crippen molar-refractivity contribution in [1.82, 2.24) is 10.2 Å². The molecule has 1 aliphatic rings. The minimum Gasteiger partial charge on any atom is -0.315 e. The third-order valence-electron chi connectivity index (χ3n) is 3.97. The van der Waals surface area contributed by atoms with Crippen LogP contribution < -0.4 is 5.32 Å².